The van der Waals surface area contributed by atoms with Crippen LogP contribution in [0, 0.1) is 6.92 Å². The van der Waals surface area contributed by atoms with Crippen LogP contribution in [0.15, 0.2) is 12.1 Å². The van der Waals surface area contributed by atoms with E-state index in [-0.39, 0.29) is 31.5 Å². The predicted octanol–water partition coefficient (Wildman–Crippen LogP) is 0.252. The number of methoxy groups -OCH3 is 1. The van der Waals surface area contributed by atoms with E-state index < -0.39 is 6.10 Å². The largest absolute Gasteiger partial charge is 0.389 e. The summed E-state index contributed by atoms with van der Waals surface area (Å²) in [6.45, 7) is 2.16. The van der Waals surface area contributed by atoms with E-state index in [1.165, 1.54) is 23.3 Å². The number of carbonyl (C=O) groups excluding carboxylic acids is 2. The van der Waals surface area contributed by atoms with Crippen LogP contribution in [0.5, 0.6) is 0 Å². The lowest BCUT2D eigenvalue weighted by Crippen LogP contribution is -2.42. The third-order valence-electron chi connectivity index (χ3n) is 2.63. The number of aliphatic hydroxyl groups is 1. The molecule has 0 aromatic carbocycles. The molecule has 0 radical (unpaired) electrons. The van der Waals surface area contributed by atoms with Crippen molar-refractivity contribution in [3.63, 3.8) is 0 Å². The molecule has 6 nitrogen and oxygen atoms in total. The molecule has 0 aliphatic rings. The molecule has 2 amide bonds. The number of amides is 2. The van der Waals surface area contributed by atoms with Crippen molar-refractivity contribution in [2.45, 2.75) is 13.0 Å². The Morgan fingerprint density at radius 2 is 2.20 bits per heavy atom. The number of carbonyl (C=O) groups is 2. The van der Waals surface area contributed by atoms with E-state index in [0.29, 0.717) is 4.88 Å². The molecule has 1 atom stereocenters. The van der Waals surface area contributed by atoms with Crippen molar-refractivity contribution >= 4 is 23.2 Å². The third-order valence-corrected chi connectivity index (χ3v) is 3.63. The van der Waals surface area contributed by atoms with Crippen molar-refractivity contribution < 1.29 is 19.4 Å². The second-order valence-corrected chi connectivity index (χ2v) is 5.76. The average Bonchev–Trinajstić information content (AvgIpc) is 2.82. The molecular formula is C13H20N2O4S. The van der Waals surface area contributed by atoms with Gasteiger partial charge in [-0.1, -0.05) is 0 Å². The van der Waals surface area contributed by atoms with Crippen LogP contribution in [-0.2, 0) is 9.53 Å². The summed E-state index contributed by atoms with van der Waals surface area (Å²) in [5, 5.41) is 12.1. The first-order chi connectivity index (χ1) is 9.43. The SMILES string of the molecule is COCC(O)CN(C)C(=O)CNC(=O)c1ccc(C)s1. The summed E-state index contributed by atoms with van der Waals surface area (Å²) in [4.78, 5) is 26.5. The Kier molecular flexibility index (Phi) is 6.63. The Hall–Kier alpha value is -1.44. The van der Waals surface area contributed by atoms with Gasteiger partial charge in [0.15, 0.2) is 0 Å². The van der Waals surface area contributed by atoms with Crippen molar-refractivity contribution in [2.75, 3.05) is 33.9 Å². The van der Waals surface area contributed by atoms with Gasteiger partial charge in [0.1, 0.15) is 0 Å². The van der Waals surface area contributed by atoms with Crippen molar-refractivity contribution in [1.29, 1.82) is 0 Å². The van der Waals surface area contributed by atoms with E-state index in [1.807, 2.05) is 13.0 Å². The maximum absolute atomic E-state index is 11.8. The van der Waals surface area contributed by atoms with Crippen LogP contribution in [0.4, 0.5) is 0 Å². The minimum Gasteiger partial charge on any atom is -0.389 e. The number of hydrogen-bond donors (Lipinski definition) is 2. The standard InChI is InChI=1S/C13H20N2O4S/c1-9-4-5-11(20-9)13(18)14-6-12(17)15(2)7-10(16)8-19-3/h4-5,10,16H,6-8H2,1-3H3,(H,14,18). The fourth-order valence-corrected chi connectivity index (χ4v) is 2.38. The quantitative estimate of drug-likeness (QED) is 0.757. The van der Waals surface area contributed by atoms with Gasteiger partial charge in [0, 0.05) is 25.6 Å². The average molecular weight is 300 g/mol. The second-order valence-electron chi connectivity index (χ2n) is 4.48. The predicted molar refractivity (Wildman–Crippen MR) is 76.9 cm³/mol. The molecule has 0 fully saturated rings. The molecule has 0 saturated carbocycles. The fourth-order valence-electron chi connectivity index (χ4n) is 1.60. The first kappa shape index (κ1) is 16.6. The number of nitrogens with zero attached hydrogens (tertiary/aromatic N) is 1. The number of ether oxygens (including phenoxy) is 1. The molecule has 1 heterocycles. The molecular weight excluding hydrogens is 280 g/mol. The number of nitrogens with one attached hydrogen (secondary N) is 1. The molecule has 112 valence electrons. The van der Waals surface area contributed by atoms with Crippen LogP contribution in [0.1, 0.15) is 14.5 Å². The number of hydrogen-bond acceptors (Lipinski definition) is 5. The highest BCUT2D eigenvalue weighted by molar-refractivity contribution is 7.13. The lowest BCUT2D eigenvalue weighted by atomic mass is 10.3. The molecule has 0 spiro atoms. The Bertz CT molecular complexity index is 461. The number of likely N-dealkylation sites (N-methyl/N-ethyl adjacent to an activating group) is 1. The van der Waals surface area contributed by atoms with Crippen molar-refractivity contribution in [1.82, 2.24) is 10.2 Å². The van der Waals surface area contributed by atoms with Gasteiger partial charge in [-0.3, -0.25) is 9.59 Å². The summed E-state index contributed by atoms with van der Waals surface area (Å²) in [6.07, 6.45) is -0.732. The fraction of sp³-hybridized carbons (Fsp3) is 0.538. The monoisotopic (exact) mass is 300 g/mol. The molecule has 0 aliphatic heterocycles. The number of aliphatic hydroxyl groups excluding tert-OH is 1. The first-order valence-corrected chi connectivity index (χ1v) is 7.01. The molecule has 0 bridgehead atoms. The van der Waals surface area contributed by atoms with E-state index in [2.05, 4.69) is 5.32 Å². The van der Waals surface area contributed by atoms with Gasteiger partial charge in [-0.05, 0) is 19.1 Å². The molecule has 2 N–H and O–H groups in total. The molecule has 1 unspecified atom stereocenters. The van der Waals surface area contributed by atoms with E-state index in [9.17, 15) is 14.7 Å². The Morgan fingerprint density at radius 1 is 1.50 bits per heavy atom. The zero-order valence-corrected chi connectivity index (χ0v) is 12.7. The zero-order valence-electron chi connectivity index (χ0n) is 11.9. The summed E-state index contributed by atoms with van der Waals surface area (Å²) < 4.78 is 4.79. The number of thiophene rings is 1. The van der Waals surface area contributed by atoms with Crippen LogP contribution in [0.2, 0.25) is 0 Å². The maximum atomic E-state index is 11.8. The molecule has 0 saturated heterocycles. The van der Waals surface area contributed by atoms with Gasteiger partial charge in [0.05, 0.1) is 24.1 Å². The van der Waals surface area contributed by atoms with E-state index in [1.54, 1.807) is 13.1 Å². The van der Waals surface area contributed by atoms with E-state index >= 15 is 0 Å². The van der Waals surface area contributed by atoms with Crippen LogP contribution in [-0.4, -0.2) is 61.8 Å². The Labute approximate surface area is 122 Å². The van der Waals surface area contributed by atoms with Gasteiger partial charge in [-0.15, -0.1) is 11.3 Å². The summed E-state index contributed by atoms with van der Waals surface area (Å²) in [5.74, 6) is -0.524. The molecule has 7 heteroatoms. The summed E-state index contributed by atoms with van der Waals surface area (Å²) in [6, 6.07) is 3.58. The van der Waals surface area contributed by atoms with Crippen LogP contribution in [0.25, 0.3) is 0 Å². The summed E-state index contributed by atoms with van der Waals surface area (Å²) in [7, 11) is 3.05. The summed E-state index contributed by atoms with van der Waals surface area (Å²) in [5.41, 5.74) is 0. The topological polar surface area (TPSA) is 78.9 Å². The van der Waals surface area contributed by atoms with Gasteiger partial charge in [-0.25, -0.2) is 0 Å². The van der Waals surface area contributed by atoms with Gasteiger partial charge in [0.2, 0.25) is 5.91 Å². The van der Waals surface area contributed by atoms with Crippen LogP contribution in [0.3, 0.4) is 0 Å². The zero-order chi connectivity index (χ0) is 15.1. The molecule has 1 aromatic heterocycles. The minimum atomic E-state index is -0.732. The van der Waals surface area contributed by atoms with E-state index in [0.717, 1.165) is 4.88 Å². The number of rotatable bonds is 7. The second kappa shape index (κ2) is 7.98. The van der Waals surface area contributed by atoms with Crippen molar-refractivity contribution in [2.24, 2.45) is 0 Å². The molecule has 20 heavy (non-hydrogen) atoms. The van der Waals surface area contributed by atoms with Gasteiger partial charge < -0.3 is 20.1 Å². The highest BCUT2D eigenvalue weighted by Gasteiger charge is 2.15. The smallest absolute Gasteiger partial charge is 0.261 e. The van der Waals surface area contributed by atoms with E-state index in [4.69, 9.17) is 4.74 Å². The lowest BCUT2D eigenvalue weighted by molar-refractivity contribution is -0.130. The van der Waals surface area contributed by atoms with Crippen molar-refractivity contribution in [3.8, 4) is 0 Å². The Morgan fingerprint density at radius 3 is 2.75 bits per heavy atom. The number of aryl methyl sites for hydroxylation is 1. The van der Waals surface area contributed by atoms with Crippen molar-refractivity contribution in [3.05, 3.63) is 21.9 Å². The van der Waals surface area contributed by atoms with Gasteiger partial charge >= 0.3 is 0 Å². The lowest BCUT2D eigenvalue weighted by Gasteiger charge is -2.20. The molecule has 1 rings (SSSR count). The van der Waals surface area contributed by atoms with Gasteiger partial charge in [0.25, 0.3) is 5.91 Å². The molecule has 0 aliphatic carbocycles. The van der Waals surface area contributed by atoms with Crippen LogP contribution < -0.4 is 5.32 Å². The Balaban J connectivity index is 2.37. The highest BCUT2D eigenvalue weighted by atomic mass is 32.1. The third kappa shape index (κ3) is 5.28. The highest BCUT2D eigenvalue weighted by Crippen LogP contribution is 2.14. The van der Waals surface area contributed by atoms with Gasteiger partial charge in [-0.2, -0.15) is 0 Å². The van der Waals surface area contributed by atoms with Crippen LogP contribution >= 0.6 is 11.3 Å². The first-order valence-electron chi connectivity index (χ1n) is 6.19. The normalized spacial score (nSPS) is 12.0. The molecule has 1 aromatic rings. The maximum Gasteiger partial charge on any atom is 0.261 e. The summed E-state index contributed by atoms with van der Waals surface area (Å²) >= 11 is 1.38. The minimum absolute atomic E-state index is 0.0913.